The van der Waals surface area contributed by atoms with E-state index in [1.807, 2.05) is 48.5 Å². The van der Waals surface area contributed by atoms with E-state index in [0.29, 0.717) is 25.3 Å². The lowest BCUT2D eigenvalue weighted by atomic mass is 10.00. The molecule has 3 aromatic carbocycles. The molecular formula is C25H23ClN2O4S. The third kappa shape index (κ3) is 4.07. The third-order valence-corrected chi connectivity index (χ3v) is 8.24. The van der Waals surface area contributed by atoms with Crippen LogP contribution in [0.2, 0.25) is 5.02 Å². The van der Waals surface area contributed by atoms with E-state index in [4.69, 9.17) is 16.3 Å². The van der Waals surface area contributed by atoms with Crippen LogP contribution in [-0.4, -0.2) is 27.5 Å². The molecule has 0 aliphatic carbocycles. The SMILES string of the molecule is O=C(NC1CCOc2ccccc21)c1cc(S(=O)(=O)N2CCCc3ccccc32)ccc1Cl. The maximum atomic E-state index is 13.5. The molecule has 5 rings (SSSR count). The van der Waals surface area contributed by atoms with Gasteiger partial charge in [0.05, 0.1) is 33.8 Å². The summed E-state index contributed by atoms with van der Waals surface area (Å²) in [6, 6.07) is 19.1. The minimum Gasteiger partial charge on any atom is -0.493 e. The Balaban J connectivity index is 1.45. The van der Waals surface area contributed by atoms with Crippen molar-refractivity contribution >= 4 is 33.2 Å². The normalized spacial score (nSPS) is 17.5. The zero-order valence-corrected chi connectivity index (χ0v) is 19.4. The molecule has 2 heterocycles. The van der Waals surface area contributed by atoms with Crippen LogP contribution in [0, 0.1) is 0 Å². The molecule has 3 aromatic rings. The van der Waals surface area contributed by atoms with Crippen LogP contribution in [-0.2, 0) is 16.4 Å². The van der Waals surface area contributed by atoms with E-state index < -0.39 is 15.9 Å². The van der Waals surface area contributed by atoms with Crippen LogP contribution in [0.4, 0.5) is 5.69 Å². The zero-order chi connectivity index (χ0) is 23.0. The van der Waals surface area contributed by atoms with Crippen LogP contribution in [0.1, 0.15) is 40.4 Å². The molecule has 1 N–H and O–H groups in total. The highest BCUT2D eigenvalue weighted by Crippen LogP contribution is 2.34. The molecular weight excluding hydrogens is 460 g/mol. The summed E-state index contributed by atoms with van der Waals surface area (Å²) < 4.78 is 34.1. The largest absolute Gasteiger partial charge is 0.493 e. The Morgan fingerprint density at radius 3 is 2.73 bits per heavy atom. The van der Waals surface area contributed by atoms with E-state index in [2.05, 4.69) is 5.32 Å². The number of anilines is 1. The summed E-state index contributed by atoms with van der Waals surface area (Å²) in [5.41, 5.74) is 2.70. The molecule has 0 saturated carbocycles. The number of para-hydroxylation sites is 2. The monoisotopic (exact) mass is 482 g/mol. The predicted molar refractivity (Wildman–Crippen MR) is 128 cm³/mol. The Hall–Kier alpha value is -3.03. The smallest absolute Gasteiger partial charge is 0.264 e. The van der Waals surface area contributed by atoms with Crippen LogP contribution in [0.5, 0.6) is 5.75 Å². The van der Waals surface area contributed by atoms with Crippen LogP contribution in [0.3, 0.4) is 0 Å². The maximum Gasteiger partial charge on any atom is 0.264 e. The van der Waals surface area contributed by atoms with E-state index in [0.717, 1.165) is 29.7 Å². The summed E-state index contributed by atoms with van der Waals surface area (Å²) in [6.45, 7) is 0.876. The molecule has 2 aliphatic heterocycles. The van der Waals surface area contributed by atoms with E-state index in [-0.39, 0.29) is 21.5 Å². The van der Waals surface area contributed by atoms with Gasteiger partial charge in [0, 0.05) is 18.5 Å². The van der Waals surface area contributed by atoms with Gasteiger partial charge in [0.1, 0.15) is 5.75 Å². The van der Waals surface area contributed by atoms with Gasteiger partial charge in [0.25, 0.3) is 15.9 Å². The van der Waals surface area contributed by atoms with Gasteiger partial charge in [-0.15, -0.1) is 0 Å². The van der Waals surface area contributed by atoms with E-state index in [1.54, 1.807) is 0 Å². The Kier molecular flexibility index (Phi) is 5.76. The minimum atomic E-state index is -3.86. The molecule has 1 unspecified atom stereocenters. The number of aryl methyl sites for hydroxylation is 1. The number of hydrogen-bond acceptors (Lipinski definition) is 4. The number of halogens is 1. The number of amides is 1. The number of nitrogens with zero attached hydrogens (tertiary/aromatic N) is 1. The molecule has 0 bridgehead atoms. The molecule has 2 aliphatic rings. The molecule has 0 aromatic heterocycles. The van der Waals surface area contributed by atoms with Crippen LogP contribution in [0.15, 0.2) is 71.6 Å². The van der Waals surface area contributed by atoms with Gasteiger partial charge in [-0.2, -0.15) is 0 Å². The Morgan fingerprint density at radius 2 is 1.85 bits per heavy atom. The number of hydrogen-bond donors (Lipinski definition) is 1. The van der Waals surface area contributed by atoms with Crippen molar-refractivity contribution < 1.29 is 17.9 Å². The fraction of sp³-hybridized carbons (Fsp3) is 0.240. The second kappa shape index (κ2) is 8.72. The molecule has 0 spiro atoms. The highest BCUT2D eigenvalue weighted by Gasteiger charge is 2.30. The van der Waals surface area contributed by atoms with Gasteiger partial charge in [0.15, 0.2) is 0 Å². The van der Waals surface area contributed by atoms with E-state index >= 15 is 0 Å². The number of nitrogens with one attached hydrogen (secondary N) is 1. The Labute approximate surface area is 198 Å². The number of carbonyl (C=O) groups excluding carboxylic acids is 1. The lowest BCUT2D eigenvalue weighted by Gasteiger charge is -2.30. The molecule has 1 amide bonds. The van der Waals surface area contributed by atoms with Crippen molar-refractivity contribution in [3.8, 4) is 5.75 Å². The molecule has 0 radical (unpaired) electrons. The van der Waals surface area contributed by atoms with Crippen molar-refractivity contribution in [2.45, 2.75) is 30.2 Å². The summed E-state index contributed by atoms with van der Waals surface area (Å²) in [7, 11) is -3.86. The lowest BCUT2D eigenvalue weighted by Crippen LogP contribution is -2.36. The Morgan fingerprint density at radius 1 is 1.06 bits per heavy atom. The van der Waals surface area contributed by atoms with Crippen LogP contribution >= 0.6 is 11.6 Å². The Bertz CT molecular complexity index is 1330. The number of carbonyl (C=O) groups is 1. The summed E-state index contributed by atoms with van der Waals surface area (Å²) >= 11 is 6.33. The number of ether oxygens (including phenoxy) is 1. The summed E-state index contributed by atoms with van der Waals surface area (Å²) in [6.07, 6.45) is 2.19. The number of rotatable bonds is 4. The van der Waals surface area contributed by atoms with Gasteiger partial charge in [-0.3, -0.25) is 9.10 Å². The second-order valence-corrected chi connectivity index (χ2v) is 10.4. The first-order chi connectivity index (χ1) is 15.9. The first-order valence-electron chi connectivity index (χ1n) is 10.9. The molecule has 8 heteroatoms. The summed E-state index contributed by atoms with van der Waals surface area (Å²) in [5.74, 6) is 0.318. The molecule has 6 nitrogen and oxygen atoms in total. The standard InChI is InChI=1S/C25H23ClN2O4S/c26-21-12-11-18(33(30,31)28-14-5-7-17-6-1-3-9-23(17)28)16-20(21)25(29)27-22-13-15-32-24-10-4-2-8-19(22)24/h1-4,6,8-12,16,22H,5,7,13-15H2,(H,27,29). The van der Waals surface area contributed by atoms with Crippen molar-refractivity contribution in [3.63, 3.8) is 0 Å². The average Bonchev–Trinajstić information content (AvgIpc) is 2.84. The highest BCUT2D eigenvalue weighted by molar-refractivity contribution is 7.92. The lowest BCUT2D eigenvalue weighted by molar-refractivity contribution is 0.0924. The molecule has 1 atom stereocenters. The number of fused-ring (bicyclic) bond motifs is 2. The van der Waals surface area contributed by atoms with E-state index in [9.17, 15) is 13.2 Å². The number of benzene rings is 3. The summed E-state index contributed by atoms with van der Waals surface area (Å²) in [5, 5.41) is 3.19. The van der Waals surface area contributed by atoms with Crippen molar-refractivity contribution in [2.24, 2.45) is 0 Å². The summed E-state index contributed by atoms with van der Waals surface area (Å²) in [4.78, 5) is 13.2. The quantitative estimate of drug-likeness (QED) is 0.583. The molecule has 0 fully saturated rings. The van der Waals surface area contributed by atoms with Crippen molar-refractivity contribution in [2.75, 3.05) is 17.5 Å². The van der Waals surface area contributed by atoms with Crippen LogP contribution in [0.25, 0.3) is 0 Å². The van der Waals surface area contributed by atoms with E-state index in [1.165, 1.54) is 22.5 Å². The number of sulfonamides is 1. The molecule has 33 heavy (non-hydrogen) atoms. The first kappa shape index (κ1) is 21.8. The van der Waals surface area contributed by atoms with Crippen molar-refractivity contribution in [1.82, 2.24) is 5.32 Å². The fourth-order valence-corrected chi connectivity index (χ4v) is 6.21. The highest BCUT2D eigenvalue weighted by atomic mass is 35.5. The van der Waals surface area contributed by atoms with Crippen molar-refractivity contribution in [3.05, 3.63) is 88.4 Å². The molecule has 170 valence electrons. The second-order valence-electron chi connectivity index (χ2n) is 8.15. The average molecular weight is 483 g/mol. The first-order valence-corrected chi connectivity index (χ1v) is 12.7. The van der Waals surface area contributed by atoms with Gasteiger partial charge in [-0.25, -0.2) is 8.42 Å². The van der Waals surface area contributed by atoms with Gasteiger partial charge in [-0.05, 0) is 48.7 Å². The van der Waals surface area contributed by atoms with Gasteiger partial charge in [-0.1, -0.05) is 48.0 Å². The predicted octanol–water partition coefficient (Wildman–Crippen LogP) is 4.74. The molecule has 0 saturated heterocycles. The van der Waals surface area contributed by atoms with Crippen LogP contribution < -0.4 is 14.4 Å². The minimum absolute atomic E-state index is 0.0427. The van der Waals surface area contributed by atoms with Gasteiger partial charge >= 0.3 is 0 Å². The maximum absolute atomic E-state index is 13.5. The zero-order valence-electron chi connectivity index (χ0n) is 17.8. The topological polar surface area (TPSA) is 75.7 Å². The van der Waals surface area contributed by atoms with Crippen molar-refractivity contribution in [1.29, 1.82) is 0 Å². The third-order valence-electron chi connectivity index (χ3n) is 6.10. The van der Waals surface area contributed by atoms with Gasteiger partial charge in [0.2, 0.25) is 0 Å². The fourth-order valence-electron chi connectivity index (χ4n) is 4.44. The van der Waals surface area contributed by atoms with Gasteiger partial charge < -0.3 is 10.1 Å².